The van der Waals surface area contributed by atoms with Crippen LogP contribution in [-0.4, -0.2) is 50.3 Å². The summed E-state index contributed by atoms with van der Waals surface area (Å²) in [6.07, 6.45) is 0.996. The van der Waals surface area contributed by atoms with E-state index in [1.54, 1.807) is 12.1 Å². The summed E-state index contributed by atoms with van der Waals surface area (Å²) in [5.41, 5.74) is 0.479. The van der Waals surface area contributed by atoms with Crippen LogP contribution >= 0.6 is 0 Å². The van der Waals surface area contributed by atoms with Crippen LogP contribution in [0.15, 0.2) is 29.2 Å². The van der Waals surface area contributed by atoms with Gasteiger partial charge in [-0.25, -0.2) is 8.42 Å². The van der Waals surface area contributed by atoms with E-state index >= 15 is 0 Å². The van der Waals surface area contributed by atoms with Crippen LogP contribution in [0.5, 0.6) is 0 Å². The molecule has 7 heteroatoms. The molecule has 138 valence electrons. The van der Waals surface area contributed by atoms with Gasteiger partial charge in [0.05, 0.1) is 4.90 Å². The highest BCUT2D eigenvalue weighted by Gasteiger charge is 2.44. The van der Waals surface area contributed by atoms with Crippen LogP contribution in [-0.2, 0) is 20.2 Å². The molecular weight excluding hydrogens is 338 g/mol. The molecule has 0 aliphatic carbocycles. The Balaban J connectivity index is 1.75. The van der Waals surface area contributed by atoms with Crippen molar-refractivity contribution in [2.24, 2.45) is 0 Å². The lowest BCUT2D eigenvalue weighted by atomic mass is 9.86. The Morgan fingerprint density at radius 3 is 2.16 bits per heavy atom. The molecule has 2 saturated heterocycles. The van der Waals surface area contributed by atoms with E-state index in [9.17, 15) is 13.2 Å². The SMILES string of the molecule is CC(C)(C)c1ccc(S(=O)(=O)N2CCC3(CC2)NCCNC3=O)cc1. The summed E-state index contributed by atoms with van der Waals surface area (Å²) in [4.78, 5) is 12.5. The zero-order valence-electron chi connectivity index (χ0n) is 15.1. The van der Waals surface area contributed by atoms with Gasteiger partial charge in [-0.1, -0.05) is 32.9 Å². The van der Waals surface area contributed by atoms with Gasteiger partial charge in [0.25, 0.3) is 0 Å². The number of piperidine rings is 1. The summed E-state index contributed by atoms with van der Waals surface area (Å²) in [6.45, 7) is 8.36. The maximum Gasteiger partial charge on any atom is 0.243 e. The van der Waals surface area contributed by atoms with E-state index in [4.69, 9.17) is 0 Å². The van der Waals surface area contributed by atoms with E-state index in [0.29, 0.717) is 37.4 Å². The van der Waals surface area contributed by atoms with Crippen LogP contribution in [0.2, 0.25) is 0 Å². The predicted octanol–water partition coefficient (Wildman–Crippen LogP) is 1.23. The van der Waals surface area contributed by atoms with E-state index in [2.05, 4.69) is 31.4 Å². The van der Waals surface area contributed by atoms with E-state index in [1.165, 1.54) is 4.31 Å². The minimum atomic E-state index is -3.52. The van der Waals surface area contributed by atoms with Crippen LogP contribution in [0.3, 0.4) is 0 Å². The van der Waals surface area contributed by atoms with Crippen molar-refractivity contribution in [1.29, 1.82) is 0 Å². The lowest BCUT2D eigenvalue weighted by Gasteiger charge is -2.43. The van der Waals surface area contributed by atoms with Crippen molar-refractivity contribution in [1.82, 2.24) is 14.9 Å². The highest BCUT2D eigenvalue weighted by Crippen LogP contribution is 2.29. The molecule has 6 nitrogen and oxygen atoms in total. The number of amides is 1. The molecule has 0 saturated carbocycles. The minimum Gasteiger partial charge on any atom is -0.353 e. The van der Waals surface area contributed by atoms with Gasteiger partial charge in [-0.15, -0.1) is 0 Å². The van der Waals surface area contributed by atoms with Gasteiger partial charge in [-0.3, -0.25) is 4.79 Å². The maximum absolute atomic E-state index is 12.9. The lowest BCUT2D eigenvalue weighted by molar-refractivity contribution is -0.131. The van der Waals surface area contributed by atoms with Crippen LogP contribution < -0.4 is 10.6 Å². The molecular formula is C18H27N3O3S. The molecule has 0 bridgehead atoms. The summed E-state index contributed by atoms with van der Waals surface area (Å²) in [7, 11) is -3.52. The largest absolute Gasteiger partial charge is 0.353 e. The smallest absolute Gasteiger partial charge is 0.243 e. The minimum absolute atomic E-state index is 0.00896. The molecule has 2 aliphatic heterocycles. The third kappa shape index (κ3) is 3.45. The standard InChI is InChI=1S/C18H27N3O3S/c1-17(2,3)14-4-6-15(7-5-14)25(23,24)21-12-8-18(9-13-21)16(22)19-10-11-20-18/h4-7,20H,8-13H2,1-3H3,(H,19,22). The zero-order valence-corrected chi connectivity index (χ0v) is 15.9. The molecule has 0 aromatic heterocycles. The van der Waals surface area contributed by atoms with Gasteiger partial charge in [-0.05, 0) is 36.0 Å². The van der Waals surface area contributed by atoms with Crippen LogP contribution in [0.1, 0.15) is 39.2 Å². The molecule has 0 atom stereocenters. The number of benzene rings is 1. The maximum atomic E-state index is 12.9. The average molecular weight is 365 g/mol. The summed E-state index contributed by atoms with van der Waals surface area (Å²) >= 11 is 0. The molecule has 1 spiro atoms. The summed E-state index contributed by atoms with van der Waals surface area (Å²) in [6, 6.07) is 7.14. The molecule has 2 heterocycles. The number of nitrogens with zero attached hydrogens (tertiary/aromatic N) is 1. The number of rotatable bonds is 2. The van der Waals surface area contributed by atoms with Crippen LogP contribution in [0.25, 0.3) is 0 Å². The number of carbonyl (C=O) groups excluding carboxylic acids is 1. The van der Waals surface area contributed by atoms with Gasteiger partial charge in [0.1, 0.15) is 5.54 Å². The Bertz CT molecular complexity index is 743. The van der Waals surface area contributed by atoms with Crippen molar-refractivity contribution >= 4 is 15.9 Å². The number of piperazine rings is 1. The zero-order chi connectivity index (χ0) is 18.3. The number of sulfonamides is 1. The third-order valence-electron chi connectivity index (χ3n) is 5.24. The van der Waals surface area contributed by atoms with Crippen molar-refractivity contribution in [2.75, 3.05) is 26.2 Å². The lowest BCUT2D eigenvalue weighted by Crippen LogP contribution is -2.66. The first kappa shape index (κ1) is 18.4. The molecule has 1 aromatic carbocycles. The Hall–Kier alpha value is -1.44. The van der Waals surface area contributed by atoms with Crippen molar-refractivity contribution in [3.05, 3.63) is 29.8 Å². The normalized spacial score (nSPS) is 22.0. The molecule has 1 aromatic rings. The first-order chi connectivity index (χ1) is 11.7. The van der Waals surface area contributed by atoms with Gasteiger partial charge < -0.3 is 10.6 Å². The molecule has 1 amide bonds. The topological polar surface area (TPSA) is 78.5 Å². The van der Waals surface area contributed by atoms with Gasteiger partial charge in [0.15, 0.2) is 0 Å². The molecule has 2 N–H and O–H groups in total. The highest BCUT2D eigenvalue weighted by molar-refractivity contribution is 7.89. The molecule has 0 radical (unpaired) electrons. The number of carbonyl (C=O) groups is 1. The second-order valence-corrected chi connectivity index (χ2v) is 9.88. The molecule has 0 unspecified atom stereocenters. The quantitative estimate of drug-likeness (QED) is 0.826. The average Bonchev–Trinajstić information content (AvgIpc) is 2.57. The molecule has 2 fully saturated rings. The summed E-state index contributed by atoms with van der Waals surface area (Å²) in [5.74, 6) is -0.00896. The van der Waals surface area contributed by atoms with Crippen molar-refractivity contribution in [2.45, 2.75) is 49.5 Å². The fourth-order valence-electron chi connectivity index (χ4n) is 3.52. The Labute approximate surface area is 150 Å². The Kier molecular flexibility index (Phi) is 4.68. The molecule has 25 heavy (non-hydrogen) atoms. The summed E-state index contributed by atoms with van der Waals surface area (Å²) < 4.78 is 27.3. The second-order valence-electron chi connectivity index (χ2n) is 7.94. The van der Waals surface area contributed by atoms with Crippen molar-refractivity contribution in [3.63, 3.8) is 0 Å². The van der Waals surface area contributed by atoms with Gasteiger partial charge in [0, 0.05) is 26.2 Å². The van der Waals surface area contributed by atoms with Crippen LogP contribution in [0, 0.1) is 0 Å². The first-order valence-electron chi connectivity index (χ1n) is 8.79. The number of nitrogens with one attached hydrogen (secondary N) is 2. The van der Waals surface area contributed by atoms with E-state index in [1.807, 2.05) is 12.1 Å². The van der Waals surface area contributed by atoms with Gasteiger partial charge in [0.2, 0.25) is 15.9 Å². The number of hydrogen-bond acceptors (Lipinski definition) is 4. The van der Waals surface area contributed by atoms with Crippen molar-refractivity contribution in [3.8, 4) is 0 Å². The van der Waals surface area contributed by atoms with Gasteiger partial charge in [-0.2, -0.15) is 4.31 Å². The van der Waals surface area contributed by atoms with Gasteiger partial charge >= 0.3 is 0 Å². The molecule has 3 rings (SSSR count). The predicted molar refractivity (Wildman–Crippen MR) is 96.9 cm³/mol. The van der Waals surface area contributed by atoms with Crippen LogP contribution in [0.4, 0.5) is 0 Å². The second kappa shape index (κ2) is 6.37. The van der Waals surface area contributed by atoms with E-state index in [0.717, 1.165) is 12.1 Å². The monoisotopic (exact) mass is 365 g/mol. The highest BCUT2D eigenvalue weighted by atomic mass is 32.2. The first-order valence-corrected chi connectivity index (χ1v) is 10.2. The fourth-order valence-corrected chi connectivity index (χ4v) is 4.96. The van der Waals surface area contributed by atoms with E-state index < -0.39 is 15.6 Å². The third-order valence-corrected chi connectivity index (χ3v) is 7.16. The Morgan fingerprint density at radius 1 is 1.04 bits per heavy atom. The number of hydrogen-bond donors (Lipinski definition) is 2. The van der Waals surface area contributed by atoms with Crippen molar-refractivity contribution < 1.29 is 13.2 Å². The Morgan fingerprint density at radius 2 is 1.64 bits per heavy atom. The summed E-state index contributed by atoms with van der Waals surface area (Å²) in [5, 5.41) is 6.17. The molecule has 2 aliphatic rings. The fraction of sp³-hybridized carbons (Fsp3) is 0.611. The van der Waals surface area contributed by atoms with E-state index in [-0.39, 0.29) is 11.3 Å².